The molecule has 0 N–H and O–H groups in total. The van der Waals surface area contributed by atoms with E-state index in [9.17, 15) is 1.37 Å². The van der Waals surface area contributed by atoms with Crippen molar-refractivity contribution in [3.05, 3.63) is 95.7 Å². The van der Waals surface area contributed by atoms with Gasteiger partial charge in [-0.2, -0.15) is 0 Å². The summed E-state index contributed by atoms with van der Waals surface area (Å²) in [6, 6.07) is -9.88. The number of para-hydroxylation sites is 1. The Morgan fingerprint density at radius 1 is 0.643 bits per heavy atom. The molecule has 1 nitrogen and oxygen atoms in total. The zero-order chi connectivity index (χ0) is 31.7. The molecule has 0 unspecified atom stereocenters. The third-order valence-electron chi connectivity index (χ3n) is 4.45. The number of fused-ring (bicyclic) bond motifs is 6. The van der Waals surface area contributed by atoms with Gasteiger partial charge in [0.2, 0.25) is 0 Å². The van der Waals surface area contributed by atoms with Crippen molar-refractivity contribution < 1.29 is 25.0 Å². The van der Waals surface area contributed by atoms with Gasteiger partial charge in [0.15, 0.2) is 0 Å². The van der Waals surface area contributed by atoms with Crippen LogP contribution in [0, 0.1) is 0 Å². The summed E-state index contributed by atoms with van der Waals surface area (Å²) >= 11 is 6.48. The first-order chi connectivity index (χ1) is 20.1. The second-order valence-corrected chi connectivity index (χ2v) is 6.33. The molecule has 0 aliphatic rings. The molecule has 132 valence electrons. The zero-order valence-electron chi connectivity index (χ0n) is 28.8. The summed E-state index contributed by atoms with van der Waals surface area (Å²) < 4.78 is 133. The summed E-state index contributed by atoms with van der Waals surface area (Å²) in [5, 5.41) is -2.28. The van der Waals surface area contributed by atoms with E-state index in [1.54, 1.807) is 0 Å². The van der Waals surface area contributed by atoms with Crippen LogP contribution in [-0.4, -0.2) is 0 Å². The van der Waals surface area contributed by atoms with E-state index in [0.717, 1.165) is 0 Å². The summed E-state index contributed by atoms with van der Waals surface area (Å²) in [7, 11) is 0. The lowest BCUT2D eigenvalue weighted by Gasteiger charge is -2.11. The second-order valence-electron chi connectivity index (χ2n) is 5.95. The lowest BCUT2D eigenvalue weighted by Crippen LogP contribution is -1.85. The average Bonchev–Trinajstić information content (AvgIpc) is 3.38. The maximum absolute atomic E-state index is 9.18. The first-order valence-corrected chi connectivity index (χ1v) is 8.48. The molecule has 28 heavy (non-hydrogen) atoms. The van der Waals surface area contributed by atoms with Crippen molar-refractivity contribution in [2.24, 2.45) is 0 Å². The van der Waals surface area contributed by atoms with Crippen LogP contribution in [0.4, 0.5) is 0 Å². The Morgan fingerprint density at radius 2 is 1.32 bits per heavy atom. The highest BCUT2D eigenvalue weighted by Crippen LogP contribution is 2.43. The van der Waals surface area contributed by atoms with E-state index < -0.39 is 112 Å². The van der Waals surface area contributed by atoms with Crippen LogP contribution in [-0.2, 0) is 0 Å². The van der Waals surface area contributed by atoms with E-state index in [1.807, 2.05) is 0 Å². The molecule has 0 bridgehead atoms. The van der Waals surface area contributed by atoms with Gasteiger partial charge in [0.05, 0.1) is 25.6 Å². The minimum Gasteiger partial charge on any atom is -0.455 e. The Kier molecular flexibility index (Phi) is 1.45. The van der Waals surface area contributed by atoms with E-state index in [0.29, 0.717) is 0 Å². The predicted octanol–water partition coefficient (Wildman–Crippen LogP) is 8.21. The van der Waals surface area contributed by atoms with Crippen molar-refractivity contribution >= 4 is 55.1 Å². The number of hydrogen-bond acceptors (Lipinski definition) is 1. The van der Waals surface area contributed by atoms with Gasteiger partial charge < -0.3 is 4.42 Å². The van der Waals surface area contributed by atoms with Crippen molar-refractivity contribution in [2.75, 3.05) is 0 Å². The van der Waals surface area contributed by atoms with Gasteiger partial charge in [0, 0.05) is 16.3 Å². The fraction of sp³-hybridized carbons (Fsp3) is 0. The van der Waals surface area contributed by atoms with Crippen molar-refractivity contribution in [3.63, 3.8) is 0 Å². The number of furan rings is 1. The zero-order valence-corrected chi connectivity index (χ0v) is 14.5. The fourth-order valence-electron chi connectivity index (χ4n) is 3.27. The number of hydrogen-bond donors (Lipinski definition) is 0. The van der Waals surface area contributed by atoms with E-state index in [4.69, 9.17) is 35.2 Å². The molecule has 5 aromatic carbocycles. The molecule has 1 heterocycles. The molecule has 1 aromatic heterocycles. The molecule has 6 aromatic rings. The summed E-state index contributed by atoms with van der Waals surface area (Å²) in [5.41, 5.74) is -1.56. The standard InChI is InChI=1S/C26H15ClO/c27-23-14-13-20(26-25(23)21-11-5-6-12-24(21)28-26)22-15-16-7-1-2-8-17(16)18-9-3-4-10-19(18)22/h1-15H/i1D,2D,3D,4D,5D,6D,7D,8D,9D,10D,11D,12D,13D,14D,15D. The van der Waals surface area contributed by atoms with Crippen molar-refractivity contribution in [1.82, 2.24) is 0 Å². The van der Waals surface area contributed by atoms with Gasteiger partial charge >= 0.3 is 0 Å². The van der Waals surface area contributed by atoms with Crippen LogP contribution in [0.25, 0.3) is 54.6 Å². The third kappa shape index (κ3) is 2.14. The maximum atomic E-state index is 9.18. The Morgan fingerprint density at radius 3 is 2.18 bits per heavy atom. The van der Waals surface area contributed by atoms with E-state index in [-0.39, 0.29) is 38.1 Å². The summed E-state index contributed by atoms with van der Waals surface area (Å²) in [6.45, 7) is 0. The van der Waals surface area contributed by atoms with Gasteiger partial charge in [0.25, 0.3) is 0 Å². The van der Waals surface area contributed by atoms with Crippen molar-refractivity contribution in [3.8, 4) is 11.1 Å². The lowest BCUT2D eigenvalue weighted by molar-refractivity contribution is 0.670. The number of halogens is 1. The Hall–Kier alpha value is -3.29. The smallest absolute Gasteiger partial charge is 0.144 e. The lowest BCUT2D eigenvalue weighted by atomic mass is 9.92. The second kappa shape index (κ2) is 5.85. The van der Waals surface area contributed by atoms with Crippen LogP contribution in [0.15, 0.2) is 95.1 Å². The van der Waals surface area contributed by atoms with Crippen LogP contribution in [0.2, 0.25) is 5.02 Å². The first-order valence-electron chi connectivity index (χ1n) is 15.6. The molecular formula is C26H15ClO. The number of benzene rings is 5. The van der Waals surface area contributed by atoms with E-state index in [2.05, 4.69) is 0 Å². The molecular weight excluding hydrogens is 364 g/mol. The van der Waals surface area contributed by atoms with Crippen molar-refractivity contribution in [1.29, 1.82) is 0 Å². The Bertz CT molecular complexity index is 2310. The largest absolute Gasteiger partial charge is 0.455 e. The normalized spacial score (nSPS) is 19.2. The number of rotatable bonds is 1. The molecule has 0 spiro atoms. The highest BCUT2D eigenvalue weighted by molar-refractivity contribution is 6.38. The topological polar surface area (TPSA) is 13.1 Å². The predicted molar refractivity (Wildman–Crippen MR) is 119 cm³/mol. The van der Waals surface area contributed by atoms with Gasteiger partial charge in [-0.3, -0.25) is 0 Å². The molecule has 2 heteroatoms. The van der Waals surface area contributed by atoms with Crippen LogP contribution < -0.4 is 0 Å². The Balaban J connectivity index is 2.04. The Labute approximate surface area is 187 Å². The highest BCUT2D eigenvalue weighted by Gasteiger charge is 2.17. The molecule has 0 atom stereocenters. The van der Waals surface area contributed by atoms with Crippen LogP contribution in [0.3, 0.4) is 0 Å². The minimum absolute atomic E-state index is 0.192. The van der Waals surface area contributed by atoms with Crippen LogP contribution in [0.1, 0.15) is 20.6 Å². The molecule has 0 aliphatic carbocycles. The quantitative estimate of drug-likeness (QED) is 0.256. The fourth-order valence-corrected chi connectivity index (χ4v) is 3.50. The summed E-state index contributed by atoms with van der Waals surface area (Å²) in [6.07, 6.45) is 0. The molecule has 0 amide bonds. The van der Waals surface area contributed by atoms with Gasteiger partial charge in [-0.15, -0.1) is 0 Å². The van der Waals surface area contributed by atoms with Gasteiger partial charge in [-0.1, -0.05) is 78.1 Å². The molecule has 0 fully saturated rings. The minimum atomic E-state index is -0.731. The van der Waals surface area contributed by atoms with E-state index in [1.165, 1.54) is 0 Å². The maximum Gasteiger partial charge on any atom is 0.144 e. The van der Waals surface area contributed by atoms with Gasteiger partial charge in [-0.25, -0.2) is 0 Å². The molecule has 0 radical (unpaired) electrons. The summed E-state index contributed by atoms with van der Waals surface area (Å²) in [5.74, 6) is 0. The van der Waals surface area contributed by atoms with Gasteiger partial charge in [0.1, 0.15) is 11.2 Å². The van der Waals surface area contributed by atoms with Crippen LogP contribution in [0.5, 0.6) is 0 Å². The van der Waals surface area contributed by atoms with E-state index >= 15 is 0 Å². The van der Waals surface area contributed by atoms with Gasteiger partial charge in [-0.05, 0) is 51.3 Å². The highest BCUT2D eigenvalue weighted by atomic mass is 35.5. The van der Waals surface area contributed by atoms with Crippen molar-refractivity contribution in [2.45, 2.75) is 0 Å². The monoisotopic (exact) mass is 393 g/mol. The summed E-state index contributed by atoms with van der Waals surface area (Å²) in [4.78, 5) is 0. The molecule has 6 rings (SSSR count). The average molecular weight is 394 g/mol. The SMILES string of the molecule is [2H]c1c([2H])c([2H])c2c(oc3c(-c4c([2H])c5c([2H])c([2H])c([2H])c([2H])c5c5c([2H])c([2H])c([2H])c([2H])c45)c([2H])c([2H])c(Cl)c32)c1[2H]. The molecule has 0 saturated carbocycles. The first kappa shape index (κ1) is 6.95. The third-order valence-corrected chi connectivity index (χ3v) is 4.74. The molecule has 0 saturated heterocycles. The van der Waals surface area contributed by atoms with Crippen LogP contribution >= 0.6 is 11.6 Å². The molecule has 0 aliphatic heterocycles.